The number of rotatable bonds is 3. The van der Waals surface area contributed by atoms with Gasteiger partial charge in [0.05, 0.1) is 6.10 Å². The van der Waals surface area contributed by atoms with E-state index in [1.807, 2.05) is 0 Å². The Kier molecular flexibility index (Phi) is 7.52. The molecular formula is C25H34INO. The fourth-order valence-electron chi connectivity index (χ4n) is 4.87. The molecule has 1 saturated heterocycles. The zero-order chi connectivity index (χ0) is 19.2. The van der Waals surface area contributed by atoms with Crippen LogP contribution in [-0.4, -0.2) is 22.6 Å². The second-order valence-electron chi connectivity index (χ2n) is 8.67. The molecule has 28 heavy (non-hydrogen) atoms. The molecule has 0 amide bonds. The van der Waals surface area contributed by atoms with E-state index in [-0.39, 0.29) is 0 Å². The molecule has 1 heterocycles. The Morgan fingerprint density at radius 2 is 1.61 bits per heavy atom. The van der Waals surface area contributed by atoms with Gasteiger partial charge in [-0.05, 0) is 62.3 Å². The van der Waals surface area contributed by atoms with Gasteiger partial charge in [-0.1, -0.05) is 84.7 Å². The standard InChI is InChI=1S/C25H34INO/c26-21-12-14-22(15-13-21)28-25-18-20(19-9-5-4-6-10-19)17-24-23(25)11-7-2-1-3-8-16-27-24/h4-6,9-10,17-18,21-24,27H,1-3,7-8,11-16H2. The molecule has 2 nitrogen and oxygen atoms in total. The van der Waals surface area contributed by atoms with E-state index in [1.54, 1.807) is 0 Å². The van der Waals surface area contributed by atoms with E-state index >= 15 is 0 Å². The van der Waals surface area contributed by atoms with Crippen LogP contribution in [0, 0.1) is 5.92 Å². The monoisotopic (exact) mass is 491 g/mol. The molecule has 0 aromatic heterocycles. The molecule has 2 aliphatic carbocycles. The molecule has 4 rings (SSSR count). The molecule has 0 radical (unpaired) electrons. The smallest absolute Gasteiger partial charge is 0.102 e. The molecule has 3 heteroatoms. The van der Waals surface area contributed by atoms with E-state index in [0.717, 1.165) is 10.5 Å². The molecule has 1 aliphatic heterocycles. The minimum Gasteiger partial charge on any atom is -0.494 e. The second kappa shape index (κ2) is 10.3. The van der Waals surface area contributed by atoms with Crippen molar-refractivity contribution in [2.45, 2.75) is 80.3 Å². The summed E-state index contributed by atoms with van der Waals surface area (Å²) in [6.45, 7) is 1.12. The van der Waals surface area contributed by atoms with Crippen LogP contribution in [0.2, 0.25) is 0 Å². The Balaban J connectivity index is 1.58. The third kappa shape index (κ3) is 5.41. The molecule has 2 atom stereocenters. The lowest BCUT2D eigenvalue weighted by molar-refractivity contribution is 0.0591. The highest BCUT2D eigenvalue weighted by molar-refractivity contribution is 14.1. The van der Waals surface area contributed by atoms with Crippen molar-refractivity contribution in [1.82, 2.24) is 5.32 Å². The molecule has 1 aromatic rings. The average Bonchev–Trinajstić information content (AvgIpc) is 2.74. The number of benzene rings is 1. The topological polar surface area (TPSA) is 21.3 Å². The van der Waals surface area contributed by atoms with Crippen molar-refractivity contribution >= 4 is 28.2 Å². The average molecular weight is 491 g/mol. The number of hydrogen-bond donors (Lipinski definition) is 1. The molecule has 0 bridgehead atoms. The van der Waals surface area contributed by atoms with Crippen LogP contribution in [0.5, 0.6) is 0 Å². The van der Waals surface area contributed by atoms with Crippen LogP contribution in [0.3, 0.4) is 0 Å². The van der Waals surface area contributed by atoms with Gasteiger partial charge in [0.15, 0.2) is 0 Å². The number of ether oxygens (including phenoxy) is 1. The summed E-state index contributed by atoms with van der Waals surface area (Å²) < 4.78 is 7.58. The van der Waals surface area contributed by atoms with Gasteiger partial charge in [-0.15, -0.1) is 0 Å². The summed E-state index contributed by atoms with van der Waals surface area (Å²) >= 11 is 2.61. The first-order chi connectivity index (χ1) is 13.8. The fraction of sp³-hybridized carbons (Fsp3) is 0.600. The first-order valence-electron chi connectivity index (χ1n) is 11.3. The van der Waals surface area contributed by atoms with Crippen LogP contribution in [0.25, 0.3) is 5.57 Å². The summed E-state index contributed by atoms with van der Waals surface area (Å²) in [5.41, 5.74) is 2.63. The molecule has 1 N–H and O–H groups in total. The maximum atomic E-state index is 6.75. The van der Waals surface area contributed by atoms with E-state index in [2.05, 4.69) is 70.4 Å². The fourth-order valence-corrected chi connectivity index (χ4v) is 5.59. The van der Waals surface area contributed by atoms with Gasteiger partial charge in [0.1, 0.15) is 5.76 Å². The Hall–Kier alpha value is -0.810. The lowest BCUT2D eigenvalue weighted by Crippen LogP contribution is -2.39. The van der Waals surface area contributed by atoms with Crippen LogP contribution in [0.4, 0.5) is 0 Å². The molecule has 0 spiro atoms. The summed E-state index contributed by atoms with van der Waals surface area (Å²) in [5.74, 6) is 1.74. The minimum atomic E-state index is 0.397. The highest BCUT2D eigenvalue weighted by Crippen LogP contribution is 2.37. The maximum Gasteiger partial charge on any atom is 0.102 e. The summed E-state index contributed by atoms with van der Waals surface area (Å²) in [5, 5.41) is 3.87. The van der Waals surface area contributed by atoms with Crippen LogP contribution < -0.4 is 5.32 Å². The highest BCUT2D eigenvalue weighted by Gasteiger charge is 2.31. The number of hydrogen-bond acceptors (Lipinski definition) is 2. The van der Waals surface area contributed by atoms with Gasteiger partial charge < -0.3 is 10.1 Å². The molecule has 2 fully saturated rings. The van der Waals surface area contributed by atoms with Crippen LogP contribution in [0.15, 0.2) is 48.2 Å². The van der Waals surface area contributed by atoms with Gasteiger partial charge >= 0.3 is 0 Å². The summed E-state index contributed by atoms with van der Waals surface area (Å²) in [4.78, 5) is 0. The van der Waals surface area contributed by atoms with Crippen LogP contribution >= 0.6 is 22.6 Å². The summed E-state index contributed by atoms with van der Waals surface area (Å²) in [6, 6.07) is 11.2. The van der Waals surface area contributed by atoms with Crippen LogP contribution in [0.1, 0.15) is 69.8 Å². The van der Waals surface area contributed by atoms with Crippen LogP contribution in [-0.2, 0) is 4.74 Å². The Labute approximate surface area is 184 Å². The number of fused-ring (bicyclic) bond motifs is 1. The normalized spacial score (nSPS) is 31.9. The maximum absolute atomic E-state index is 6.75. The van der Waals surface area contributed by atoms with Crippen molar-refractivity contribution in [2.24, 2.45) is 5.92 Å². The van der Waals surface area contributed by atoms with E-state index in [1.165, 1.54) is 81.1 Å². The highest BCUT2D eigenvalue weighted by atomic mass is 127. The largest absolute Gasteiger partial charge is 0.494 e. The molecule has 2 unspecified atom stereocenters. The molecule has 3 aliphatic rings. The third-order valence-corrected chi connectivity index (χ3v) is 7.79. The summed E-state index contributed by atoms with van der Waals surface area (Å²) in [6.07, 6.45) is 18.2. The van der Waals surface area contributed by atoms with Crippen molar-refractivity contribution in [1.29, 1.82) is 0 Å². The second-order valence-corrected chi connectivity index (χ2v) is 10.4. The predicted octanol–water partition coefficient (Wildman–Crippen LogP) is 6.66. The van der Waals surface area contributed by atoms with Gasteiger partial charge in [-0.3, -0.25) is 0 Å². The van der Waals surface area contributed by atoms with E-state index < -0.39 is 0 Å². The quantitative estimate of drug-likeness (QED) is 0.377. The van der Waals surface area contributed by atoms with Crippen molar-refractivity contribution < 1.29 is 4.74 Å². The predicted molar refractivity (Wildman–Crippen MR) is 127 cm³/mol. The minimum absolute atomic E-state index is 0.397. The zero-order valence-corrected chi connectivity index (χ0v) is 19.1. The Morgan fingerprint density at radius 1 is 0.857 bits per heavy atom. The Bertz CT molecular complexity index is 675. The van der Waals surface area contributed by atoms with Gasteiger partial charge in [0, 0.05) is 15.9 Å². The zero-order valence-electron chi connectivity index (χ0n) is 16.9. The van der Waals surface area contributed by atoms with Gasteiger partial charge in [0.2, 0.25) is 0 Å². The van der Waals surface area contributed by atoms with Gasteiger partial charge in [-0.25, -0.2) is 0 Å². The van der Waals surface area contributed by atoms with Crippen molar-refractivity contribution in [3.05, 3.63) is 53.8 Å². The number of alkyl halides is 1. The lowest BCUT2D eigenvalue weighted by atomic mass is 9.83. The Morgan fingerprint density at radius 3 is 2.43 bits per heavy atom. The van der Waals surface area contributed by atoms with Crippen molar-refractivity contribution in [3.8, 4) is 0 Å². The molecule has 1 saturated carbocycles. The van der Waals surface area contributed by atoms with Gasteiger partial charge in [0.25, 0.3) is 0 Å². The molecule has 152 valence electrons. The van der Waals surface area contributed by atoms with Gasteiger partial charge in [-0.2, -0.15) is 0 Å². The first-order valence-corrected chi connectivity index (χ1v) is 12.6. The third-order valence-electron chi connectivity index (χ3n) is 6.54. The number of nitrogens with one attached hydrogen (secondary N) is 1. The SMILES string of the molecule is IC1CCC(OC2=CC(c3ccccc3)=CC3NCCCCCCCC23)CC1. The lowest BCUT2D eigenvalue weighted by Gasteiger charge is -2.36. The molecule has 1 aromatic carbocycles. The van der Waals surface area contributed by atoms with Crippen molar-refractivity contribution in [3.63, 3.8) is 0 Å². The van der Waals surface area contributed by atoms with E-state index in [9.17, 15) is 0 Å². The number of halogens is 1. The van der Waals surface area contributed by atoms with E-state index in [4.69, 9.17) is 4.74 Å². The van der Waals surface area contributed by atoms with E-state index in [0.29, 0.717) is 18.1 Å². The first kappa shape index (κ1) is 20.5. The number of allylic oxidation sites excluding steroid dienone is 2. The van der Waals surface area contributed by atoms with Crippen molar-refractivity contribution in [2.75, 3.05) is 6.54 Å². The summed E-state index contributed by atoms with van der Waals surface area (Å²) in [7, 11) is 0. The molecular weight excluding hydrogens is 457 g/mol.